The number of carbonyl (C=O) groups excluding carboxylic acids is 2. The highest BCUT2D eigenvalue weighted by Crippen LogP contribution is 2.38. The van der Waals surface area contributed by atoms with E-state index in [0.29, 0.717) is 3.57 Å². The second-order valence-corrected chi connectivity index (χ2v) is 7.69. The molecule has 1 rings (SSSR count). The number of carbonyl (C=O) groups is 2. The van der Waals surface area contributed by atoms with Gasteiger partial charge >= 0.3 is 33.5 Å². The SMILES string of the molecule is O=C(CCC(=O)OC(C(F)(F)F)C(F)(F)S(=O)(=O)O)Oc1ccc(I)c(O)c1. The Hall–Kier alpha value is -1.75. The molecule has 0 aromatic heterocycles. The van der Waals surface area contributed by atoms with Crippen molar-refractivity contribution in [3.05, 3.63) is 21.8 Å². The highest BCUT2D eigenvalue weighted by molar-refractivity contribution is 14.1. The molecule has 0 aliphatic carbocycles. The fourth-order valence-electron chi connectivity index (χ4n) is 1.59. The molecule has 0 bridgehead atoms. The minimum absolute atomic E-state index is 0.164. The Morgan fingerprint density at radius 3 is 2.11 bits per heavy atom. The first kappa shape index (κ1) is 24.3. The molecule has 1 aromatic rings. The fraction of sp³-hybridized carbons (Fsp3) is 0.385. The van der Waals surface area contributed by atoms with Crippen molar-refractivity contribution in [1.82, 2.24) is 0 Å². The third-order valence-electron chi connectivity index (χ3n) is 2.88. The van der Waals surface area contributed by atoms with Gasteiger partial charge in [0.2, 0.25) is 0 Å². The predicted molar refractivity (Wildman–Crippen MR) is 88.1 cm³/mol. The van der Waals surface area contributed by atoms with E-state index in [1.54, 1.807) is 22.6 Å². The summed E-state index contributed by atoms with van der Waals surface area (Å²) >= 11 is 1.76. The molecule has 0 amide bonds. The largest absolute Gasteiger partial charge is 0.507 e. The third-order valence-corrected chi connectivity index (χ3v) is 4.69. The van der Waals surface area contributed by atoms with Gasteiger partial charge in [0.15, 0.2) is 0 Å². The lowest BCUT2D eigenvalue weighted by molar-refractivity contribution is -0.259. The smallest absolute Gasteiger partial charge is 0.432 e. The molecule has 0 spiro atoms. The number of hydrogen-bond acceptors (Lipinski definition) is 7. The molecule has 8 nitrogen and oxygen atoms in total. The Morgan fingerprint density at radius 1 is 1.11 bits per heavy atom. The van der Waals surface area contributed by atoms with E-state index >= 15 is 0 Å². The van der Waals surface area contributed by atoms with Crippen molar-refractivity contribution < 1.29 is 59.1 Å². The molecule has 1 unspecified atom stereocenters. The summed E-state index contributed by atoms with van der Waals surface area (Å²) in [7, 11) is -6.56. The highest BCUT2D eigenvalue weighted by Gasteiger charge is 2.66. The van der Waals surface area contributed by atoms with Gasteiger partial charge in [-0.05, 0) is 34.7 Å². The van der Waals surface area contributed by atoms with Crippen molar-refractivity contribution >= 4 is 44.6 Å². The van der Waals surface area contributed by atoms with Crippen molar-refractivity contribution in [2.45, 2.75) is 30.4 Å². The van der Waals surface area contributed by atoms with Gasteiger partial charge in [-0.15, -0.1) is 0 Å². The Morgan fingerprint density at radius 2 is 1.64 bits per heavy atom. The Kier molecular flexibility index (Phi) is 7.57. The van der Waals surface area contributed by atoms with Gasteiger partial charge < -0.3 is 14.6 Å². The second kappa shape index (κ2) is 8.73. The van der Waals surface area contributed by atoms with Crippen LogP contribution in [0.2, 0.25) is 0 Å². The summed E-state index contributed by atoms with van der Waals surface area (Å²) in [5, 5.41) is 3.57. The van der Waals surface area contributed by atoms with Gasteiger partial charge in [-0.2, -0.15) is 30.4 Å². The van der Waals surface area contributed by atoms with Gasteiger partial charge in [-0.1, -0.05) is 0 Å². The zero-order chi connectivity index (χ0) is 21.9. The van der Waals surface area contributed by atoms with E-state index in [9.17, 15) is 45.1 Å². The van der Waals surface area contributed by atoms with Crippen LogP contribution in [0.4, 0.5) is 22.0 Å². The van der Waals surface area contributed by atoms with Crippen LogP contribution in [0.5, 0.6) is 11.5 Å². The number of alkyl halides is 5. The molecule has 158 valence electrons. The van der Waals surface area contributed by atoms with Crippen LogP contribution in [0, 0.1) is 3.57 Å². The number of ether oxygens (including phenoxy) is 2. The van der Waals surface area contributed by atoms with E-state index in [-0.39, 0.29) is 11.5 Å². The first-order chi connectivity index (χ1) is 12.6. The molecule has 0 radical (unpaired) electrons. The second-order valence-electron chi connectivity index (χ2n) is 5.04. The Labute approximate surface area is 167 Å². The van der Waals surface area contributed by atoms with E-state index in [2.05, 4.69) is 9.47 Å². The van der Waals surface area contributed by atoms with E-state index in [4.69, 9.17) is 4.55 Å². The number of phenolic OH excluding ortho intramolecular Hbond substituents is 1. The summed E-state index contributed by atoms with van der Waals surface area (Å²) in [5.74, 6) is -3.58. The predicted octanol–water partition coefficient (Wildman–Crippen LogP) is 2.64. The highest BCUT2D eigenvalue weighted by atomic mass is 127. The number of halogens is 6. The van der Waals surface area contributed by atoms with Crippen molar-refractivity contribution in [1.29, 1.82) is 0 Å². The monoisotopic (exact) mass is 548 g/mol. The average Bonchev–Trinajstić information content (AvgIpc) is 2.52. The maximum atomic E-state index is 13.3. The number of aromatic hydroxyl groups is 1. The molecule has 0 heterocycles. The normalized spacial score (nSPS) is 13.7. The van der Waals surface area contributed by atoms with Crippen molar-refractivity contribution in [2.24, 2.45) is 0 Å². The van der Waals surface area contributed by atoms with Gasteiger partial charge in [0, 0.05) is 6.07 Å². The number of esters is 2. The lowest BCUT2D eigenvalue weighted by Gasteiger charge is -2.25. The minimum Gasteiger partial charge on any atom is -0.507 e. The fourth-order valence-corrected chi connectivity index (χ4v) is 2.38. The van der Waals surface area contributed by atoms with Crippen LogP contribution in [-0.4, -0.2) is 47.6 Å². The molecule has 0 saturated carbocycles. The van der Waals surface area contributed by atoms with Gasteiger partial charge in [-0.3, -0.25) is 14.1 Å². The first-order valence-corrected chi connectivity index (χ1v) is 9.38. The quantitative estimate of drug-likeness (QED) is 0.175. The molecule has 0 fully saturated rings. The molecule has 0 aliphatic heterocycles. The van der Waals surface area contributed by atoms with Crippen molar-refractivity contribution in [2.75, 3.05) is 0 Å². The van der Waals surface area contributed by atoms with Crippen LogP contribution in [-0.2, 0) is 24.4 Å². The summed E-state index contributed by atoms with van der Waals surface area (Å²) in [6, 6.07) is 3.65. The lowest BCUT2D eigenvalue weighted by Crippen LogP contribution is -2.52. The molecular formula is C13H10F5IO8S. The van der Waals surface area contributed by atoms with E-state index in [1.807, 2.05) is 0 Å². The molecule has 1 aromatic carbocycles. The third kappa shape index (κ3) is 6.40. The molecule has 15 heteroatoms. The molecule has 2 N–H and O–H groups in total. The summed E-state index contributed by atoms with van der Waals surface area (Å²) in [5.41, 5.74) is 0. The molecular weight excluding hydrogens is 538 g/mol. The number of phenols is 1. The molecule has 28 heavy (non-hydrogen) atoms. The molecule has 0 saturated heterocycles. The van der Waals surface area contributed by atoms with Crippen LogP contribution in [0.1, 0.15) is 12.8 Å². The van der Waals surface area contributed by atoms with E-state index in [1.165, 1.54) is 12.1 Å². The first-order valence-electron chi connectivity index (χ1n) is 6.86. The number of rotatable bonds is 7. The zero-order valence-electron chi connectivity index (χ0n) is 13.2. The van der Waals surface area contributed by atoms with Crippen molar-refractivity contribution in [3.63, 3.8) is 0 Å². The van der Waals surface area contributed by atoms with E-state index in [0.717, 1.165) is 6.07 Å². The zero-order valence-corrected chi connectivity index (χ0v) is 16.2. The van der Waals surface area contributed by atoms with Gasteiger partial charge in [0.25, 0.3) is 6.10 Å². The Balaban J connectivity index is 2.75. The van der Waals surface area contributed by atoms with Crippen molar-refractivity contribution in [3.8, 4) is 11.5 Å². The standard InChI is InChI=1S/C13H10F5IO8S/c14-12(15,16)11(13(17,18)28(23,24)25)27-10(22)4-3-9(21)26-6-1-2-7(19)8(20)5-6/h1-2,5,11,20H,3-4H2,(H,23,24,25). The van der Waals surface area contributed by atoms with Gasteiger partial charge in [-0.25, -0.2) is 0 Å². The minimum atomic E-state index is -6.56. The maximum absolute atomic E-state index is 13.3. The summed E-state index contributed by atoms with van der Waals surface area (Å²) in [6.45, 7) is 0. The average molecular weight is 548 g/mol. The number of hydrogen-bond donors (Lipinski definition) is 2. The van der Waals surface area contributed by atoms with Gasteiger partial charge in [0.05, 0.1) is 16.4 Å². The summed E-state index contributed by atoms with van der Waals surface area (Å²) in [4.78, 5) is 22.9. The summed E-state index contributed by atoms with van der Waals surface area (Å²) in [6.07, 6.45) is -12.6. The lowest BCUT2D eigenvalue weighted by atomic mass is 10.3. The Bertz CT molecular complexity index is 855. The summed E-state index contributed by atoms with van der Waals surface area (Å²) < 4.78 is 102. The molecule has 1 atom stereocenters. The van der Waals surface area contributed by atoms with Crippen LogP contribution in [0.15, 0.2) is 18.2 Å². The topological polar surface area (TPSA) is 127 Å². The van der Waals surface area contributed by atoms with Crippen LogP contribution in [0.3, 0.4) is 0 Å². The van der Waals surface area contributed by atoms with Crippen LogP contribution in [0.25, 0.3) is 0 Å². The van der Waals surface area contributed by atoms with Crippen LogP contribution < -0.4 is 4.74 Å². The maximum Gasteiger partial charge on any atom is 0.432 e. The van der Waals surface area contributed by atoms with E-state index < -0.39 is 52.4 Å². The number of benzene rings is 1. The molecule has 0 aliphatic rings. The van der Waals surface area contributed by atoms with Crippen LogP contribution >= 0.6 is 22.6 Å². The van der Waals surface area contributed by atoms with Gasteiger partial charge in [0.1, 0.15) is 11.5 Å².